The van der Waals surface area contributed by atoms with E-state index in [9.17, 15) is 9.59 Å². The first kappa shape index (κ1) is 18.9. The first-order valence-electron chi connectivity index (χ1n) is 4.92. The Morgan fingerprint density at radius 2 is 1.29 bits per heavy atom. The summed E-state index contributed by atoms with van der Waals surface area (Å²) in [5.41, 5.74) is 14.6. The predicted molar refractivity (Wildman–Crippen MR) is 56.0 cm³/mol. The van der Waals surface area contributed by atoms with Crippen LogP contribution in [0.1, 0.15) is 25.7 Å². The summed E-state index contributed by atoms with van der Waals surface area (Å²) in [6.45, 7) is 0. The molecule has 0 bridgehead atoms. The molecule has 0 saturated heterocycles. The van der Waals surface area contributed by atoms with Gasteiger partial charge in [0.1, 0.15) is 0 Å². The van der Waals surface area contributed by atoms with E-state index in [0.717, 1.165) is 12.8 Å². The molecule has 0 heterocycles. The van der Waals surface area contributed by atoms with Crippen molar-refractivity contribution in [1.29, 1.82) is 0 Å². The minimum absolute atomic E-state index is 0. The van der Waals surface area contributed by atoms with Crippen molar-refractivity contribution < 1.29 is 46.0 Å². The third kappa shape index (κ3) is 8.26. The number of aliphatic hydroxyl groups excluding tert-OH is 1. The van der Waals surface area contributed by atoms with E-state index in [2.05, 4.69) is 0 Å². The second kappa shape index (κ2) is 9.53. The molecule has 0 aromatic heterocycles. The van der Waals surface area contributed by atoms with Gasteiger partial charge in [-0.1, -0.05) is 25.7 Å². The van der Waals surface area contributed by atoms with E-state index in [0.29, 0.717) is 0 Å². The van der Waals surface area contributed by atoms with Gasteiger partial charge in [0.25, 0.3) is 0 Å². The summed E-state index contributed by atoms with van der Waals surface area (Å²) >= 11 is 0. The Bertz CT molecular complexity index is 228. The van der Waals surface area contributed by atoms with E-state index >= 15 is 0 Å². The van der Waals surface area contributed by atoms with Crippen LogP contribution in [0.3, 0.4) is 0 Å². The van der Waals surface area contributed by atoms with Crippen LogP contribution >= 0.6 is 0 Å². The molecular weight excluding hydrogens is 411 g/mol. The molecule has 1 aliphatic carbocycles. The monoisotopic (exact) mass is 427 g/mol. The molecule has 0 spiro atoms. The Morgan fingerprint density at radius 3 is 1.41 bits per heavy atom. The summed E-state index contributed by atoms with van der Waals surface area (Å²) in [4.78, 5) is 19.0. The molecule has 8 heteroatoms. The zero-order valence-corrected chi connectivity index (χ0v) is 11.3. The van der Waals surface area contributed by atoms with Gasteiger partial charge in [0.2, 0.25) is 6.10 Å². The maximum Gasteiger partial charge on any atom is 2.00 e. The molecule has 1 fully saturated rings. The third-order valence-electron chi connectivity index (χ3n) is 2.23. The number of aliphatic carboxylic acids is 2. The van der Waals surface area contributed by atoms with Crippen LogP contribution in [-0.2, 0) is 30.7 Å². The summed E-state index contributed by atoms with van der Waals surface area (Å²) in [5, 5.41) is 23.4. The standard InChI is InChI=1S/C6H12N2.C3H4O5.Pt/c7-5-3-1-2-4-6(5)8;4-1(2(5)6)3(7)8;/h5-8H,1-4H2;1,4H,(H,5,6)(H,7,8);/q-2;;+2. The van der Waals surface area contributed by atoms with Crippen molar-refractivity contribution in [1.82, 2.24) is 0 Å². The van der Waals surface area contributed by atoms with Crippen molar-refractivity contribution in [2.75, 3.05) is 0 Å². The fraction of sp³-hybridized carbons (Fsp3) is 0.778. The maximum absolute atomic E-state index is 9.51. The van der Waals surface area contributed by atoms with Crippen molar-refractivity contribution in [3.8, 4) is 0 Å². The fourth-order valence-corrected chi connectivity index (χ4v) is 1.24. The average molecular weight is 427 g/mol. The molecule has 0 aromatic rings. The molecular formula is C9H16N2O5Pt. The van der Waals surface area contributed by atoms with Crippen molar-refractivity contribution >= 4 is 11.9 Å². The molecule has 0 aromatic carbocycles. The van der Waals surface area contributed by atoms with Crippen molar-refractivity contribution in [2.24, 2.45) is 0 Å². The number of carboxylic acids is 2. The number of carboxylic acid groups (broad SMARTS) is 2. The van der Waals surface area contributed by atoms with Gasteiger partial charge in [-0.2, -0.15) is 12.1 Å². The van der Waals surface area contributed by atoms with Crippen LogP contribution in [0.25, 0.3) is 11.5 Å². The van der Waals surface area contributed by atoms with E-state index in [-0.39, 0.29) is 33.1 Å². The molecule has 1 aliphatic rings. The zero-order valence-electron chi connectivity index (χ0n) is 9.03. The van der Waals surface area contributed by atoms with E-state index < -0.39 is 18.0 Å². The van der Waals surface area contributed by atoms with Crippen LogP contribution < -0.4 is 0 Å². The normalized spacial score (nSPS) is 23.1. The van der Waals surface area contributed by atoms with Gasteiger partial charge in [0.15, 0.2) is 0 Å². The van der Waals surface area contributed by atoms with Gasteiger partial charge in [-0.05, 0) is 0 Å². The Hall–Kier alpha value is -0.492. The summed E-state index contributed by atoms with van der Waals surface area (Å²) in [6, 6.07) is -0.160. The molecule has 2 atom stereocenters. The summed E-state index contributed by atoms with van der Waals surface area (Å²) in [5.74, 6) is -3.50. The number of carbonyl (C=O) groups is 2. The van der Waals surface area contributed by atoms with Crippen LogP contribution in [0, 0.1) is 0 Å². The average Bonchev–Trinajstić information content (AvgIpc) is 2.22. The smallest absolute Gasteiger partial charge is 0.676 e. The van der Waals surface area contributed by atoms with E-state index in [4.69, 9.17) is 26.8 Å². The quantitative estimate of drug-likeness (QED) is 0.562. The Labute approximate surface area is 113 Å². The minimum atomic E-state index is -2.30. The van der Waals surface area contributed by atoms with Crippen LogP contribution in [0.5, 0.6) is 0 Å². The van der Waals surface area contributed by atoms with Gasteiger partial charge in [-0.25, -0.2) is 9.59 Å². The number of nitrogens with one attached hydrogen (secondary N) is 2. The number of aliphatic hydroxyl groups is 1. The van der Waals surface area contributed by atoms with Crippen LogP contribution in [-0.4, -0.2) is 45.4 Å². The first-order valence-corrected chi connectivity index (χ1v) is 4.92. The number of hydrogen-bond donors (Lipinski definition) is 3. The second-order valence-corrected chi connectivity index (χ2v) is 3.58. The molecule has 0 amide bonds. The van der Waals surface area contributed by atoms with Gasteiger partial charge in [0, 0.05) is 0 Å². The topological polar surface area (TPSA) is 142 Å². The first-order chi connectivity index (χ1) is 7.36. The molecule has 0 radical (unpaired) electrons. The van der Waals surface area contributed by atoms with Gasteiger partial charge >= 0.3 is 33.0 Å². The van der Waals surface area contributed by atoms with E-state index in [1.165, 1.54) is 12.8 Å². The van der Waals surface area contributed by atoms with E-state index in [1.54, 1.807) is 0 Å². The summed E-state index contributed by atoms with van der Waals surface area (Å²) in [7, 11) is 0. The summed E-state index contributed by atoms with van der Waals surface area (Å²) < 4.78 is 0. The molecule has 17 heavy (non-hydrogen) atoms. The Balaban J connectivity index is 0. The Kier molecular flexibility index (Phi) is 10.6. The third-order valence-corrected chi connectivity index (χ3v) is 2.23. The van der Waals surface area contributed by atoms with Gasteiger partial charge < -0.3 is 26.8 Å². The fourth-order valence-electron chi connectivity index (χ4n) is 1.24. The zero-order chi connectivity index (χ0) is 12.7. The number of hydrogen-bond acceptors (Lipinski definition) is 3. The second-order valence-electron chi connectivity index (χ2n) is 3.58. The molecule has 1 saturated carbocycles. The predicted octanol–water partition coefficient (Wildman–Crippen LogP) is 0.916. The van der Waals surface area contributed by atoms with Gasteiger partial charge in [-0.15, -0.1) is 0 Å². The molecule has 2 unspecified atom stereocenters. The molecule has 1 rings (SSSR count). The van der Waals surface area contributed by atoms with Crippen molar-refractivity contribution in [3.63, 3.8) is 0 Å². The van der Waals surface area contributed by atoms with Crippen molar-refractivity contribution in [2.45, 2.75) is 43.9 Å². The largest absolute Gasteiger partial charge is 2.00 e. The molecule has 7 nitrogen and oxygen atoms in total. The van der Waals surface area contributed by atoms with Gasteiger partial charge in [0.05, 0.1) is 0 Å². The number of rotatable bonds is 2. The maximum atomic E-state index is 9.51. The van der Waals surface area contributed by atoms with Crippen LogP contribution in [0.15, 0.2) is 0 Å². The Morgan fingerprint density at radius 1 is 1.00 bits per heavy atom. The van der Waals surface area contributed by atoms with Crippen molar-refractivity contribution in [3.05, 3.63) is 11.5 Å². The molecule has 102 valence electrons. The summed E-state index contributed by atoms with van der Waals surface area (Å²) in [6.07, 6.45) is 1.95. The molecule has 5 N–H and O–H groups in total. The van der Waals surface area contributed by atoms with Gasteiger partial charge in [-0.3, -0.25) is 0 Å². The van der Waals surface area contributed by atoms with Crippen LogP contribution in [0.2, 0.25) is 0 Å². The van der Waals surface area contributed by atoms with Crippen LogP contribution in [0.4, 0.5) is 0 Å². The van der Waals surface area contributed by atoms with E-state index in [1.807, 2.05) is 0 Å². The SMILES string of the molecule is O=C(O)C(O)C(=O)O.[NH-]C1CCCCC1[NH-].[Pt+2]. The minimum Gasteiger partial charge on any atom is -0.676 e. The molecule has 0 aliphatic heterocycles.